The lowest BCUT2D eigenvalue weighted by atomic mass is 10.1. The Hall–Kier alpha value is -2.63. The van der Waals surface area contributed by atoms with Crippen molar-refractivity contribution < 1.29 is 0 Å². The Balaban J connectivity index is 1.56. The molecule has 0 atom stereocenters. The normalized spacial score (nSPS) is 13.1. The van der Waals surface area contributed by atoms with Gasteiger partial charge in [0.25, 0.3) is 5.78 Å². The van der Waals surface area contributed by atoms with E-state index in [1.165, 1.54) is 5.56 Å². The minimum atomic E-state index is 0.626. The summed E-state index contributed by atoms with van der Waals surface area (Å²) in [6.45, 7) is 0. The number of benzene rings is 2. The number of hydrogen-bond donors (Lipinski definition) is 1. The van der Waals surface area contributed by atoms with Crippen LogP contribution in [0, 0.1) is 0 Å². The average molecular weight is 410 g/mol. The number of fused-ring (bicyclic) bond motifs is 2. The summed E-state index contributed by atoms with van der Waals surface area (Å²) in [7, 11) is 0. The maximum Gasteiger partial charge on any atom is 0.254 e. The van der Waals surface area contributed by atoms with Crippen LogP contribution in [-0.2, 0) is 19.3 Å². The number of aromatic nitrogens is 4. The van der Waals surface area contributed by atoms with Crippen molar-refractivity contribution >= 4 is 40.5 Å². The maximum atomic E-state index is 6.02. The molecule has 0 radical (unpaired) electrons. The van der Waals surface area contributed by atoms with E-state index in [4.69, 9.17) is 33.3 Å². The van der Waals surface area contributed by atoms with Crippen molar-refractivity contribution in [1.82, 2.24) is 19.6 Å². The molecule has 1 aliphatic rings. The number of hydrogen-bond acceptors (Lipinski definition) is 4. The van der Waals surface area contributed by atoms with Crippen molar-refractivity contribution in [2.45, 2.75) is 25.7 Å². The first kappa shape index (κ1) is 17.5. The van der Waals surface area contributed by atoms with Crippen LogP contribution in [0.15, 0.2) is 48.5 Å². The van der Waals surface area contributed by atoms with Crippen molar-refractivity contribution in [2.75, 3.05) is 5.32 Å². The molecule has 2 aromatic carbocycles. The second-order valence-electron chi connectivity index (χ2n) is 6.91. The Kier molecular flexibility index (Phi) is 4.41. The number of aryl methyl sites for hydroxylation is 1. The summed E-state index contributed by atoms with van der Waals surface area (Å²) < 4.78 is 1.82. The number of anilines is 2. The predicted molar refractivity (Wildman–Crippen MR) is 112 cm³/mol. The summed E-state index contributed by atoms with van der Waals surface area (Å²) in [4.78, 5) is 9.43. The molecule has 0 bridgehead atoms. The Morgan fingerprint density at radius 2 is 1.61 bits per heavy atom. The molecule has 0 fully saturated rings. The highest BCUT2D eigenvalue weighted by molar-refractivity contribution is 6.30. The highest BCUT2D eigenvalue weighted by Crippen LogP contribution is 2.30. The summed E-state index contributed by atoms with van der Waals surface area (Å²) in [5, 5.41) is 9.68. The van der Waals surface area contributed by atoms with Gasteiger partial charge < -0.3 is 5.32 Å². The van der Waals surface area contributed by atoms with E-state index in [0.717, 1.165) is 52.9 Å². The average Bonchev–Trinajstić information content (AvgIpc) is 3.31. The molecule has 0 saturated carbocycles. The number of nitrogens with one attached hydrogen (secondary N) is 1. The molecule has 2 heterocycles. The molecule has 1 N–H and O–H groups in total. The molecule has 28 heavy (non-hydrogen) atoms. The smallest absolute Gasteiger partial charge is 0.254 e. The standard InChI is InChI=1S/C21H17Cl2N5/c22-14-6-4-13(5-7-14)12-19-26-21-25-18-3-1-2-17(18)20(28(21)27-19)24-16-10-8-15(23)9-11-16/h4-11,24H,1-3,12H2. The summed E-state index contributed by atoms with van der Waals surface area (Å²) in [5.41, 5.74) is 4.39. The molecule has 4 aromatic rings. The van der Waals surface area contributed by atoms with E-state index >= 15 is 0 Å². The van der Waals surface area contributed by atoms with E-state index in [2.05, 4.69) is 10.3 Å². The Morgan fingerprint density at radius 3 is 2.36 bits per heavy atom. The lowest BCUT2D eigenvalue weighted by molar-refractivity contribution is 0.885. The highest BCUT2D eigenvalue weighted by Gasteiger charge is 2.22. The van der Waals surface area contributed by atoms with E-state index < -0.39 is 0 Å². The van der Waals surface area contributed by atoms with Gasteiger partial charge in [0.2, 0.25) is 0 Å². The van der Waals surface area contributed by atoms with Gasteiger partial charge in [-0.25, -0.2) is 4.98 Å². The van der Waals surface area contributed by atoms with Gasteiger partial charge >= 0.3 is 0 Å². The van der Waals surface area contributed by atoms with Gasteiger partial charge in [-0.2, -0.15) is 9.50 Å². The third-order valence-corrected chi connectivity index (χ3v) is 5.44. The zero-order valence-corrected chi connectivity index (χ0v) is 16.5. The van der Waals surface area contributed by atoms with Gasteiger partial charge in [0.1, 0.15) is 5.82 Å². The first-order valence-electron chi connectivity index (χ1n) is 9.20. The molecule has 0 aliphatic heterocycles. The second-order valence-corrected chi connectivity index (χ2v) is 7.79. The molecule has 7 heteroatoms. The van der Waals surface area contributed by atoms with Crippen molar-refractivity contribution in [3.63, 3.8) is 0 Å². The molecule has 0 amide bonds. The minimum Gasteiger partial charge on any atom is -0.340 e. The largest absolute Gasteiger partial charge is 0.340 e. The van der Waals surface area contributed by atoms with Gasteiger partial charge in [0.15, 0.2) is 5.82 Å². The topological polar surface area (TPSA) is 55.1 Å². The van der Waals surface area contributed by atoms with Crippen molar-refractivity contribution in [3.8, 4) is 0 Å². The first-order valence-corrected chi connectivity index (χ1v) is 9.96. The van der Waals surface area contributed by atoms with E-state index in [-0.39, 0.29) is 0 Å². The minimum absolute atomic E-state index is 0.626. The Morgan fingerprint density at radius 1 is 0.893 bits per heavy atom. The van der Waals surface area contributed by atoms with Gasteiger partial charge in [-0.3, -0.25) is 0 Å². The third kappa shape index (κ3) is 3.32. The lowest BCUT2D eigenvalue weighted by Crippen LogP contribution is -2.07. The number of halogens is 2. The predicted octanol–water partition coefficient (Wildman–Crippen LogP) is 5.25. The van der Waals surface area contributed by atoms with E-state index in [1.54, 1.807) is 0 Å². The van der Waals surface area contributed by atoms with Crippen LogP contribution in [-0.4, -0.2) is 19.6 Å². The van der Waals surface area contributed by atoms with E-state index in [9.17, 15) is 0 Å². The molecule has 5 nitrogen and oxygen atoms in total. The first-order chi connectivity index (χ1) is 13.7. The van der Waals surface area contributed by atoms with Crippen LogP contribution in [0.25, 0.3) is 5.78 Å². The molecule has 0 spiro atoms. The Labute approximate surface area is 172 Å². The quantitative estimate of drug-likeness (QED) is 0.499. The van der Waals surface area contributed by atoms with Crippen LogP contribution in [0.4, 0.5) is 11.5 Å². The van der Waals surface area contributed by atoms with Crippen LogP contribution >= 0.6 is 23.2 Å². The third-order valence-electron chi connectivity index (χ3n) is 4.94. The summed E-state index contributed by atoms with van der Waals surface area (Å²) in [6.07, 6.45) is 3.69. The molecular weight excluding hydrogens is 393 g/mol. The number of rotatable bonds is 4. The molecule has 0 unspecified atom stereocenters. The van der Waals surface area contributed by atoms with E-state index in [0.29, 0.717) is 17.2 Å². The lowest BCUT2D eigenvalue weighted by Gasteiger charge is -2.12. The summed E-state index contributed by atoms with van der Waals surface area (Å²) in [5.74, 6) is 2.30. The monoisotopic (exact) mass is 409 g/mol. The molecular formula is C21H17Cl2N5. The summed E-state index contributed by atoms with van der Waals surface area (Å²) >= 11 is 12.0. The fourth-order valence-corrected chi connectivity index (χ4v) is 3.83. The molecule has 1 aliphatic carbocycles. The fourth-order valence-electron chi connectivity index (χ4n) is 3.58. The molecule has 5 rings (SSSR count). The van der Waals surface area contributed by atoms with Gasteiger partial charge in [-0.1, -0.05) is 35.3 Å². The zero-order valence-electron chi connectivity index (χ0n) is 15.0. The zero-order chi connectivity index (χ0) is 19.1. The Bertz CT molecular complexity index is 1150. The van der Waals surface area contributed by atoms with Crippen molar-refractivity contribution in [1.29, 1.82) is 0 Å². The molecule has 0 saturated heterocycles. The summed E-state index contributed by atoms with van der Waals surface area (Å²) in [6, 6.07) is 15.4. The second kappa shape index (κ2) is 7.08. The van der Waals surface area contributed by atoms with Crippen LogP contribution in [0.5, 0.6) is 0 Å². The van der Waals surface area contributed by atoms with Gasteiger partial charge in [0.05, 0.1) is 5.69 Å². The maximum absolute atomic E-state index is 6.02. The van der Waals surface area contributed by atoms with Gasteiger partial charge in [0, 0.05) is 27.7 Å². The van der Waals surface area contributed by atoms with E-state index in [1.807, 2.05) is 53.0 Å². The van der Waals surface area contributed by atoms with Crippen LogP contribution < -0.4 is 5.32 Å². The van der Waals surface area contributed by atoms with Crippen molar-refractivity contribution in [3.05, 3.63) is 81.2 Å². The molecule has 140 valence electrons. The number of nitrogens with zero attached hydrogens (tertiary/aromatic N) is 4. The fraction of sp³-hybridized carbons (Fsp3) is 0.190. The van der Waals surface area contributed by atoms with Crippen LogP contribution in [0.2, 0.25) is 10.0 Å². The van der Waals surface area contributed by atoms with Gasteiger partial charge in [-0.05, 0) is 61.2 Å². The highest BCUT2D eigenvalue weighted by atomic mass is 35.5. The van der Waals surface area contributed by atoms with Crippen LogP contribution in [0.3, 0.4) is 0 Å². The SMILES string of the molecule is Clc1ccc(Cc2nc3nc4c(c(Nc5ccc(Cl)cc5)n3n2)CCC4)cc1. The van der Waals surface area contributed by atoms with Gasteiger partial charge in [-0.15, -0.1) is 5.10 Å². The van der Waals surface area contributed by atoms with Crippen LogP contribution in [0.1, 0.15) is 29.1 Å². The molecule has 2 aromatic heterocycles. The van der Waals surface area contributed by atoms with Crippen molar-refractivity contribution in [2.24, 2.45) is 0 Å².